The number of nitrogens with zero attached hydrogens (tertiary/aromatic N) is 1. The molecule has 2 aromatic rings. The first-order chi connectivity index (χ1) is 11.2. The Morgan fingerprint density at radius 2 is 1.58 bits per heavy atom. The number of benzene rings is 2. The summed E-state index contributed by atoms with van der Waals surface area (Å²) >= 11 is 0. The van der Waals surface area contributed by atoms with Crippen LogP contribution >= 0.6 is 0 Å². The van der Waals surface area contributed by atoms with E-state index >= 15 is 0 Å². The van der Waals surface area contributed by atoms with Crippen LogP contribution in [-0.2, 0) is 14.8 Å². The number of carboxylic acids is 1. The van der Waals surface area contributed by atoms with E-state index in [1.807, 2.05) is 32.9 Å². The number of aliphatic carboxylic acids is 1. The van der Waals surface area contributed by atoms with E-state index in [0.29, 0.717) is 5.69 Å². The van der Waals surface area contributed by atoms with Crippen molar-refractivity contribution in [3.63, 3.8) is 0 Å². The van der Waals surface area contributed by atoms with Gasteiger partial charge >= 0.3 is 5.97 Å². The standard InChI is InChI=1S/C18H21NO4S/c1-13-4-7-16(8-5-13)24(22,23)19(11-10-18(20)21)17-9-6-14(2)12-15(17)3/h4-9,12H,10-11H2,1-3H3,(H,20,21). The molecule has 1 N–H and O–H groups in total. The highest BCUT2D eigenvalue weighted by atomic mass is 32.2. The molecule has 0 aliphatic heterocycles. The highest BCUT2D eigenvalue weighted by Gasteiger charge is 2.26. The zero-order valence-corrected chi connectivity index (χ0v) is 14.8. The van der Waals surface area contributed by atoms with Gasteiger partial charge in [0.1, 0.15) is 0 Å². The molecule has 0 fully saturated rings. The minimum absolute atomic E-state index is 0.116. The van der Waals surface area contributed by atoms with Crippen LogP contribution in [0.5, 0.6) is 0 Å². The largest absolute Gasteiger partial charge is 0.481 e. The van der Waals surface area contributed by atoms with Crippen molar-refractivity contribution in [2.75, 3.05) is 10.8 Å². The first-order valence-electron chi connectivity index (χ1n) is 7.60. The third-order valence-electron chi connectivity index (χ3n) is 3.76. The van der Waals surface area contributed by atoms with Gasteiger partial charge in [-0.2, -0.15) is 0 Å². The van der Waals surface area contributed by atoms with Gasteiger partial charge in [-0.05, 0) is 44.5 Å². The summed E-state index contributed by atoms with van der Waals surface area (Å²) in [6, 6.07) is 12.0. The summed E-state index contributed by atoms with van der Waals surface area (Å²) in [5.74, 6) is -1.04. The summed E-state index contributed by atoms with van der Waals surface area (Å²) in [4.78, 5) is 11.1. The maximum Gasteiger partial charge on any atom is 0.305 e. The molecule has 0 aromatic heterocycles. The Balaban J connectivity index is 2.52. The molecule has 0 saturated heterocycles. The SMILES string of the molecule is Cc1ccc(S(=O)(=O)N(CCC(=O)O)c2ccc(C)cc2C)cc1. The fourth-order valence-electron chi connectivity index (χ4n) is 2.49. The van der Waals surface area contributed by atoms with Crippen molar-refractivity contribution < 1.29 is 18.3 Å². The average molecular weight is 347 g/mol. The quantitative estimate of drug-likeness (QED) is 0.870. The number of hydrogen-bond acceptors (Lipinski definition) is 3. The molecule has 0 amide bonds. The lowest BCUT2D eigenvalue weighted by Crippen LogP contribution is -2.33. The highest BCUT2D eigenvalue weighted by Crippen LogP contribution is 2.28. The first-order valence-corrected chi connectivity index (χ1v) is 9.04. The van der Waals surface area contributed by atoms with Crippen LogP contribution < -0.4 is 4.31 Å². The van der Waals surface area contributed by atoms with Gasteiger partial charge in [0, 0.05) is 6.54 Å². The van der Waals surface area contributed by atoms with Crippen LogP contribution in [0.4, 0.5) is 5.69 Å². The molecule has 0 heterocycles. The molecule has 2 rings (SSSR count). The lowest BCUT2D eigenvalue weighted by Gasteiger charge is -2.26. The number of sulfonamides is 1. The second kappa shape index (κ2) is 7.05. The van der Waals surface area contributed by atoms with Crippen molar-refractivity contribution in [1.29, 1.82) is 0 Å². The molecule has 128 valence electrons. The van der Waals surface area contributed by atoms with E-state index in [-0.39, 0.29) is 17.9 Å². The molecule has 0 bridgehead atoms. The molecule has 0 atom stereocenters. The van der Waals surface area contributed by atoms with Gasteiger partial charge in [0.05, 0.1) is 17.0 Å². The summed E-state index contributed by atoms with van der Waals surface area (Å²) in [6.07, 6.45) is -0.265. The molecule has 0 unspecified atom stereocenters. The average Bonchev–Trinajstić information content (AvgIpc) is 2.49. The Kier molecular flexibility index (Phi) is 5.29. The number of carbonyl (C=O) groups is 1. The molecule has 0 spiro atoms. The molecule has 24 heavy (non-hydrogen) atoms. The van der Waals surface area contributed by atoms with Gasteiger partial charge in [-0.1, -0.05) is 35.4 Å². The summed E-state index contributed by atoms with van der Waals surface area (Å²) in [5, 5.41) is 8.97. The molecule has 2 aromatic carbocycles. The lowest BCUT2D eigenvalue weighted by atomic mass is 10.1. The monoisotopic (exact) mass is 347 g/mol. The Labute approximate surface area is 142 Å². The second-order valence-corrected chi connectivity index (χ2v) is 7.69. The van der Waals surface area contributed by atoms with Crippen molar-refractivity contribution in [3.05, 3.63) is 59.2 Å². The fraction of sp³-hybridized carbons (Fsp3) is 0.278. The molecular weight excluding hydrogens is 326 g/mol. The van der Waals surface area contributed by atoms with E-state index in [9.17, 15) is 13.2 Å². The van der Waals surface area contributed by atoms with Crippen LogP contribution in [0.25, 0.3) is 0 Å². The topological polar surface area (TPSA) is 74.7 Å². The molecule has 0 aliphatic rings. The number of rotatable bonds is 6. The van der Waals surface area contributed by atoms with Gasteiger partial charge in [0.15, 0.2) is 0 Å². The van der Waals surface area contributed by atoms with Crippen LogP contribution in [0.1, 0.15) is 23.1 Å². The van der Waals surface area contributed by atoms with Crippen LogP contribution in [0, 0.1) is 20.8 Å². The van der Waals surface area contributed by atoms with Gasteiger partial charge < -0.3 is 5.11 Å². The predicted molar refractivity (Wildman–Crippen MR) is 93.9 cm³/mol. The molecule has 6 heteroatoms. The Hall–Kier alpha value is -2.34. The van der Waals surface area contributed by atoms with Gasteiger partial charge in [0.25, 0.3) is 10.0 Å². The Bertz CT molecular complexity index is 842. The summed E-state index contributed by atoms with van der Waals surface area (Å²) in [5.41, 5.74) is 3.26. The number of aryl methyl sites for hydroxylation is 3. The predicted octanol–water partition coefficient (Wildman–Crippen LogP) is 3.28. The maximum absolute atomic E-state index is 13.0. The fourth-order valence-corrected chi connectivity index (χ4v) is 4.02. The molecule has 0 radical (unpaired) electrons. The van der Waals surface area contributed by atoms with Gasteiger partial charge in [-0.3, -0.25) is 9.10 Å². The number of hydrogen-bond donors (Lipinski definition) is 1. The van der Waals surface area contributed by atoms with Gasteiger partial charge in [-0.25, -0.2) is 8.42 Å². The van der Waals surface area contributed by atoms with Crippen LogP contribution in [0.2, 0.25) is 0 Å². The first kappa shape index (κ1) is 18.0. The van der Waals surface area contributed by atoms with E-state index in [2.05, 4.69) is 0 Å². The van der Waals surface area contributed by atoms with Crippen molar-refractivity contribution in [2.24, 2.45) is 0 Å². The maximum atomic E-state index is 13.0. The molecule has 0 aliphatic carbocycles. The van der Waals surface area contributed by atoms with Crippen LogP contribution in [0.3, 0.4) is 0 Å². The minimum atomic E-state index is -3.83. The van der Waals surface area contributed by atoms with Crippen LogP contribution in [-0.4, -0.2) is 26.0 Å². The zero-order chi connectivity index (χ0) is 17.9. The third kappa shape index (κ3) is 3.94. The molecule has 0 saturated carbocycles. The van der Waals surface area contributed by atoms with Crippen molar-refractivity contribution in [2.45, 2.75) is 32.1 Å². The third-order valence-corrected chi connectivity index (χ3v) is 5.59. The van der Waals surface area contributed by atoms with Gasteiger partial charge in [0.2, 0.25) is 0 Å². The smallest absolute Gasteiger partial charge is 0.305 e. The number of anilines is 1. The normalized spacial score (nSPS) is 11.3. The molecular formula is C18H21NO4S. The van der Waals surface area contributed by atoms with Crippen molar-refractivity contribution in [1.82, 2.24) is 0 Å². The highest BCUT2D eigenvalue weighted by molar-refractivity contribution is 7.92. The van der Waals surface area contributed by atoms with E-state index < -0.39 is 16.0 Å². The zero-order valence-electron chi connectivity index (χ0n) is 14.0. The Morgan fingerprint density at radius 1 is 1.00 bits per heavy atom. The van der Waals surface area contributed by atoms with Crippen molar-refractivity contribution in [3.8, 4) is 0 Å². The van der Waals surface area contributed by atoms with Crippen molar-refractivity contribution >= 4 is 21.7 Å². The molecule has 5 nitrogen and oxygen atoms in total. The van der Waals surface area contributed by atoms with E-state index in [0.717, 1.165) is 16.7 Å². The summed E-state index contributed by atoms with van der Waals surface area (Å²) < 4.78 is 27.2. The number of carboxylic acid groups (broad SMARTS) is 1. The minimum Gasteiger partial charge on any atom is -0.481 e. The van der Waals surface area contributed by atoms with Gasteiger partial charge in [-0.15, -0.1) is 0 Å². The van der Waals surface area contributed by atoms with E-state index in [4.69, 9.17) is 5.11 Å². The van der Waals surface area contributed by atoms with E-state index in [1.165, 1.54) is 4.31 Å². The van der Waals surface area contributed by atoms with E-state index in [1.54, 1.807) is 30.3 Å². The second-order valence-electron chi connectivity index (χ2n) is 5.82. The van der Waals surface area contributed by atoms with Crippen LogP contribution in [0.15, 0.2) is 47.4 Å². The summed E-state index contributed by atoms with van der Waals surface area (Å²) in [7, 11) is -3.83. The Morgan fingerprint density at radius 3 is 2.12 bits per heavy atom. The lowest BCUT2D eigenvalue weighted by molar-refractivity contribution is -0.136. The summed E-state index contributed by atoms with van der Waals surface area (Å²) in [6.45, 7) is 5.51.